The van der Waals surface area contributed by atoms with Crippen LogP contribution in [0.1, 0.15) is 51.5 Å². The van der Waals surface area contributed by atoms with Crippen molar-refractivity contribution in [3.8, 4) is 11.5 Å². The van der Waals surface area contributed by atoms with Crippen LogP contribution >= 0.6 is 15.9 Å². The van der Waals surface area contributed by atoms with Gasteiger partial charge in [0.2, 0.25) is 0 Å². The van der Waals surface area contributed by atoms with Gasteiger partial charge in [-0.05, 0) is 64.5 Å². The number of unbranched alkanes of at least 4 members (excludes halogenated alkanes) is 1. The average molecular weight is 434 g/mol. The van der Waals surface area contributed by atoms with Crippen molar-refractivity contribution < 1.29 is 14.3 Å². The summed E-state index contributed by atoms with van der Waals surface area (Å²) in [5.74, 6) is 1.70. The van der Waals surface area contributed by atoms with Crippen molar-refractivity contribution in [2.24, 2.45) is 0 Å². The van der Waals surface area contributed by atoms with E-state index in [2.05, 4.69) is 48.1 Å². The maximum absolute atomic E-state index is 12.2. The van der Waals surface area contributed by atoms with Crippen LogP contribution in [0.2, 0.25) is 0 Å². The molecule has 0 saturated heterocycles. The largest absolute Gasteiger partial charge is 0.494 e. The molecule has 1 unspecified atom stereocenters. The Bertz CT molecular complexity index is 748. The molecule has 146 valence electrons. The molecule has 0 aliphatic carbocycles. The minimum atomic E-state index is -0.210. The predicted molar refractivity (Wildman–Crippen MR) is 114 cm³/mol. The van der Waals surface area contributed by atoms with E-state index in [-0.39, 0.29) is 12.5 Å². The molecule has 1 N–H and O–H groups in total. The van der Waals surface area contributed by atoms with Gasteiger partial charge in [0.1, 0.15) is 11.5 Å². The fourth-order valence-electron chi connectivity index (χ4n) is 2.51. The number of halogens is 1. The van der Waals surface area contributed by atoms with Crippen LogP contribution in [0.25, 0.3) is 0 Å². The first kappa shape index (κ1) is 21.3. The summed E-state index contributed by atoms with van der Waals surface area (Å²) in [7, 11) is 0. The van der Waals surface area contributed by atoms with E-state index in [1.807, 2.05) is 36.4 Å². The number of amides is 1. The maximum atomic E-state index is 12.2. The molecule has 0 aliphatic rings. The fraction of sp³-hybridized carbons (Fsp3) is 0.409. The molecule has 0 fully saturated rings. The van der Waals surface area contributed by atoms with Crippen LogP contribution in [-0.2, 0) is 4.79 Å². The molecule has 2 aromatic carbocycles. The van der Waals surface area contributed by atoms with E-state index in [9.17, 15) is 4.79 Å². The number of ether oxygens (including phenoxy) is 2. The molecule has 1 atom stereocenters. The number of carbonyl (C=O) groups excluding carboxylic acids is 1. The molecule has 27 heavy (non-hydrogen) atoms. The summed E-state index contributed by atoms with van der Waals surface area (Å²) in [6, 6.07) is 13.4. The van der Waals surface area contributed by atoms with E-state index < -0.39 is 0 Å². The molecular weight excluding hydrogens is 406 g/mol. The number of carbonyl (C=O) groups is 1. The molecule has 0 radical (unpaired) electrons. The first-order valence-corrected chi connectivity index (χ1v) is 10.3. The van der Waals surface area contributed by atoms with Crippen molar-refractivity contribution in [3.63, 3.8) is 0 Å². The summed E-state index contributed by atoms with van der Waals surface area (Å²) in [5.41, 5.74) is 1.95. The van der Waals surface area contributed by atoms with Crippen molar-refractivity contribution >= 4 is 27.5 Å². The molecular formula is C22H28BrNO3. The standard InChI is InChI=1S/C22H28BrNO3/c1-4-6-12-26-19-9-7-8-18(14-19)24-22(25)15-27-21-11-10-17(13-20(21)23)16(3)5-2/h7-11,13-14,16H,4-6,12,15H2,1-3H3,(H,24,25). The van der Waals surface area contributed by atoms with Crippen LogP contribution in [0.3, 0.4) is 0 Å². The fourth-order valence-corrected chi connectivity index (χ4v) is 3.03. The number of rotatable bonds is 10. The highest BCUT2D eigenvalue weighted by Gasteiger charge is 2.10. The lowest BCUT2D eigenvalue weighted by Gasteiger charge is -2.13. The molecule has 0 bridgehead atoms. The Morgan fingerprint density at radius 2 is 1.96 bits per heavy atom. The van der Waals surface area contributed by atoms with Gasteiger partial charge in [0, 0.05) is 11.8 Å². The van der Waals surface area contributed by atoms with Crippen molar-refractivity contribution in [2.45, 2.75) is 46.0 Å². The van der Waals surface area contributed by atoms with Crippen LogP contribution < -0.4 is 14.8 Å². The Balaban J connectivity index is 1.88. The van der Waals surface area contributed by atoms with Gasteiger partial charge in [0.25, 0.3) is 5.91 Å². The van der Waals surface area contributed by atoms with E-state index in [1.54, 1.807) is 0 Å². The number of hydrogen-bond acceptors (Lipinski definition) is 3. The third-order valence-electron chi connectivity index (χ3n) is 4.38. The minimum Gasteiger partial charge on any atom is -0.494 e. The quantitative estimate of drug-likeness (QED) is 0.456. The van der Waals surface area contributed by atoms with E-state index in [4.69, 9.17) is 9.47 Å². The Morgan fingerprint density at radius 1 is 1.15 bits per heavy atom. The Morgan fingerprint density at radius 3 is 2.67 bits per heavy atom. The topological polar surface area (TPSA) is 47.6 Å². The summed E-state index contributed by atoms with van der Waals surface area (Å²) in [4.78, 5) is 12.2. The molecule has 0 aliphatic heterocycles. The first-order valence-electron chi connectivity index (χ1n) is 9.48. The van der Waals surface area contributed by atoms with Crippen LogP contribution in [0, 0.1) is 0 Å². The van der Waals surface area contributed by atoms with Crippen LogP contribution in [0.4, 0.5) is 5.69 Å². The number of anilines is 1. The molecule has 5 heteroatoms. The van der Waals surface area contributed by atoms with Gasteiger partial charge in [0.15, 0.2) is 6.61 Å². The van der Waals surface area contributed by atoms with Crippen LogP contribution in [-0.4, -0.2) is 19.1 Å². The monoisotopic (exact) mass is 433 g/mol. The van der Waals surface area contributed by atoms with E-state index in [0.717, 1.165) is 29.5 Å². The zero-order valence-corrected chi connectivity index (χ0v) is 17.8. The van der Waals surface area contributed by atoms with Gasteiger partial charge < -0.3 is 14.8 Å². The summed E-state index contributed by atoms with van der Waals surface area (Å²) in [5, 5.41) is 2.84. The highest BCUT2D eigenvalue weighted by Crippen LogP contribution is 2.30. The molecule has 0 aromatic heterocycles. The zero-order chi connectivity index (χ0) is 19.6. The smallest absolute Gasteiger partial charge is 0.262 e. The second kappa shape index (κ2) is 11.0. The predicted octanol–water partition coefficient (Wildman–Crippen LogP) is 6.16. The minimum absolute atomic E-state index is 0.0534. The molecule has 0 spiro atoms. The zero-order valence-electron chi connectivity index (χ0n) is 16.3. The molecule has 2 aromatic rings. The average Bonchev–Trinajstić information content (AvgIpc) is 2.67. The molecule has 4 nitrogen and oxygen atoms in total. The third kappa shape index (κ3) is 6.90. The van der Waals surface area contributed by atoms with Crippen LogP contribution in [0.5, 0.6) is 11.5 Å². The molecule has 2 rings (SSSR count). The number of benzene rings is 2. The van der Waals surface area contributed by atoms with Crippen LogP contribution in [0.15, 0.2) is 46.9 Å². The SMILES string of the molecule is CCCCOc1cccc(NC(=O)COc2ccc(C(C)CC)cc2Br)c1. The lowest BCUT2D eigenvalue weighted by atomic mass is 9.99. The second-order valence-corrected chi connectivity index (χ2v) is 7.42. The van der Waals surface area contributed by atoms with Gasteiger partial charge in [-0.1, -0.05) is 39.3 Å². The van der Waals surface area contributed by atoms with Gasteiger partial charge in [-0.3, -0.25) is 4.79 Å². The summed E-state index contributed by atoms with van der Waals surface area (Å²) >= 11 is 3.53. The van der Waals surface area contributed by atoms with Gasteiger partial charge in [0.05, 0.1) is 11.1 Å². The Labute approximate surface area is 170 Å². The Hall–Kier alpha value is -2.01. The number of nitrogens with one attached hydrogen (secondary N) is 1. The Kier molecular flexibility index (Phi) is 8.65. The van der Waals surface area contributed by atoms with Crippen molar-refractivity contribution in [1.82, 2.24) is 0 Å². The molecule has 0 saturated carbocycles. The highest BCUT2D eigenvalue weighted by atomic mass is 79.9. The van der Waals surface area contributed by atoms with Crippen molar-refractivity contribution in [3.05, 3.63) is 52.5 Å². The summed E-state index contributed by atoms with van der Waals surface area (Å²) in [6.07, 6.45) is 3.17. The van der Waals surface area contributed by atoms with Crippen molar-refractivity contribution in [2.75, 3.05) is 18.5 Å². The molecule has 1 amide bonds. The van der Waals surface area contributed by atoms with Gasteiger partial charge in [-0.15, -0.1) is 0 Å². The maximum Gasteiger partial charge on any atom is 0.262 e. The van der Waals surface area contributed by atoms with Crippen molar-refractivity contribution in [1.29, 1.82) is 0 Å². The summed E-state index contributed by atoms with van der Waals surface area (Å²) in [6.45, 7) is 7.10. The summed E-state index contributed by atoms with van der Waals surface area (Å²) < 4.78 is 12.2. The van der Waals surface area contributed by atoms with E-state index >= 15 is 0 Å². The lowest BCUT2D eigenvalue weighted by molar-refractivity contribution is -0.118. The third-order valence-corrected chi connectivity index (χ3v) is 5.00. The van der Waals surface area contributed by atoms with E-state index in [0.29, 0.717) is 24.0 Å². The second-order valence-electron chi connectivity index (χ2n) is 6.57. The molecule has 0 heterocycles. The van der Waals surface area contributed by atoms with Gasteiger partial charge in [-0.25, -0.2) is 0 Å². The lowest BCUT2D eigenvalue weighted by Crippen LogP contribution is -2.20. The van der Waals surface area contributed by atoms with E-state index in [1.165, 1.54) is 5.56 Å². The van der Waals surface area contributed by atoms with Gasteiger partial charge in [-0.2, -0.15) is 0 Å². The normalized spacial score (nSPS) is 11.7. The first-order chi connectivity index (χ1) is 13.0. The highest BCUT2D eigenvalue weighted by molar-refractivity contribution is 9.10. The number of hydrogen-bond donors (Lipinski definition) is 1. The van der Waals surface area contributed by atoms with Gasteiger partial charge >= 0.3 is 0 Å².